The minimum absolute atomic E-state index is 0.139. The van der Waals surface area contributed by atoms with Gasteiger partial charge in [-0.05, 0) is 56.3 Å². The minimum atomic E-state index is 0.139. The molecule has 2 aliphatic rings. The van der Waals surface area contributed by atoms with E-state index in [0.29, 0.717) is 6.04 Å². The highest BCUT2D eigenvalue weighted by atomic mass is 16.1. The summed E-state index contributed by atoms with van der Waals surface area (Å²) < 4.78 is 0. The van der Waals surface area contributed by atoms with Gasteiger partial charge in [0.25, 0.3) is 0 Å². The Bertz CT molecular complexity index is 248. The van der Waals surface area contributed by atoms with E-state index in [0.717, 1.165) is 17.8 Å². The molecule has 1 N–H and O–H groups in total. The number of nitrogens with one attached hydrogen (secondary N) is 1. The fourth-order valence-electron chi connectivity index (χ4n) is 3.78. The molecule has 0 atom stereocenters. The van der Waals surface area contributed by atoms with Crippen molar-refractivity contribution in [3.63, 3.8) is 0 Å². The molecule has 2 saturated carbocycles. The molecule has 0 aromatic carbocycles. The predicted octanol–water partition coefficient (Wildman–Crippen LogP) is 3.51. The monoisotopic (exact) mass is 237 g/mol. The summed E-state index contributed by atoms with van der Waals surface area (Å²) in [5, 5.41) is 3.07. The molecule has 0 aromatic rings. The summed E-state index contributed by atoms with van der Waals surface area (Å²) >= 11 is 0. The lowest BCUT2D eigenvalue weighted by atomic mass is 9.70. The molecule has 2 aliphatic carbocycles. The highest BCUT2D eigenvalue weighted by Crippen LogP contribution is 2.39. The van der Waals surface area contributed by atoms with Crippen molar-refractivity contribution in [2.75, 3.05) is 0 Å². The summed E-state index contributed by atoms with van der Waals surface area (Å²) in [7, 11) is 0. The van der Waals surface area contributed by atoms with Crippen LogP contribution in [0.3, 0.4) is 0 Å². The lowest BCUT2D eigenvalue weighted by molar-refractivity contribution is -0.119. The molecule has 98 valence electrons. The lowest BCUT2D eigenvalue weighted by Crippen LogP contribution is -2.37. The van der Waals surface area contributed by atoms with Crippen molar-refractivity contribution in [3.05, 3.63) is 0 Å². The molecule has 0 radical (unpaired) electrons. The zero-order valence-electron chi connectivity index (χ0n) is 11.4. The zero-order valence-corrected chi connectivity index (χ0v) is 11.4. The normalized spacial score (nSPS) is 38.7. The molecule has 2 nitrogen and oxygen atoms in total. The van der Waals surface area contributed by atoms with Gasteiger partial charge < -0.3 is 5.32 Å². The smallest absolute Gasteiger partial charge is 0.217 e. The molecular formula is C15H27NO. The van der Waals surface area contributed by atoms with Crippen LogP contribution in [0.4, 0.5) is 0 Å². The number of rotatable bonds is 2. The molecule has 2 heteroatoms. The largest absolute Gasteiger partial charge is 0.354 e. The highest BCUT2D eigenvalue weighted by molar-refractivity contribution is 5.73. The van der Waals surface area contributed by atoms with Crippen LogP contribution in [-0.2, 0) is 4.79 Å². The molecule has 0 aromatic heterocycles. The first-order valence-corrected chi connectivity index (χ1v) is 7.42. The van der Waals surface area contributed by atoms with Crippen LogP contribution in [0.25, 0.3) is 0 Å². The van der Waals surface area contributed by atoms with Crippen LogP contribution < -0.4 is 5.32 Å². The summed E-state index contributed by atoms with van der Waals surface area (Å²) in [4.78, 5) is 11.0. The second-order valence-electron chi connectivity index (χ2n) is 6.33. The molecule has 2 rings (SSSR count). The Balaban J connectivity index is 1.73. The van der Waals surface area contributed by atoms with E-state index in [9.17, 15) is 4.79 Å². The summed E-state index contributed by atoms with van der Waals surface area (Å²) in [6.45, 7) is 4.03. The maximum absolute atomic E-state index is 11.0. The fraction of sp³-hybridized carbons (Fsp3) is 0.933. The SMILES string of the molecule is CC(=O)NC1CCC(C2CCC(C)CC2)CC1. The lowest BCUT2D eigenvalue weighted by Gasteiger charge is -2.37. The number of carbonyl (C=O) groups is 1. The third-order valence-electron chi connectivity index (χ3n) is 4.91. The summed E-state index contributed by atoms with van der Waals surface area (Å²) in [6.07, 6.45) is 10.9. The molecule has 17 heavy (non-hydrogen) atoms. The topological polar surface area (TPSA) is 29.1 Å². The van der Waals surface area contributed by atoms with Gasteiger partial charge in [-0.15, -0.1) is 0 Å². The van der Waals surface area contributed by atoms with Gasteiger partial charge in [-0.2, -0.15) is 0 Å². The van der Waals surface area contributed by atoms with Crippen LogP contribution in [0, 0.1) is 17.8 Å². The van der Waals surface area contributed by atoms with Crippen molar-refractivity contribution in [1.29, 1.82) is 0 Å². The van der Waals surface area contributed by atoms with Gasteiger partial charge in [0.2, 0.25) is 5.91 Å². The van der Waals surface area contributed by atoms with E-state index in [1.165, 1.54) is 51.4 Å². The van der Waals surface area contributed by atoms with Crippen LogP contribution in [0.15, 0.2) is 0 Å². The van der Waals surface area contributed by atoms with Gasteiger partial charge in [0.15, 0.2) is 0 Å². The van der Waals surface area contributed by atoms with Gasteiger partial charge in [0.05, 0.1) is 0 Å². The zero-order chi connectivity index (χ0) is 12.3. The van der Waals surface area contributed by atoms with Gasteiger partial charge >= 0.3 is 0 Å². The first kappa shape index (κ1) is 12.9. The van der Waals surface area contributed by atoms with E-state index in [4.69, 9.17) is 0 Å². The quantitative estimate of drug-likeness (QED) is 0.782. The number of hydrogen-bond acceptors (Lipinski definition) is 1. The Morgan fingerprint density at radius 2 is 1.35 bits per heavy atom. The van der Waals surface area contributed by atoms with Crippen LogP contribution >= 0.6 is 0 Å². The average Bonchev–Trinajstić information content (AvgIpc) is 2.30. The number of carbonyl (C=O) groups excluding carboxylic acids is 1. The minimum Gasteiger partial charge on any atom is -0.354 e. The Labute approximate surface area is 106 Å². The molecule has 0 heterocycles. The maximum atomic E-state index is 11.0. The Morgan fingerprint density at radius 3 is 1.82 bits per heavy atom. The van der Waals surface area contributed by atoms with Gasteiger partial charge in [0.1, 0.15) is 0 Å². The summed E-state index contributed by atoms with van der Waals surface area (Å²) in [6, 6.07) is 0.464. The van der Waals surface area contributed by atoms with Crippen molar-refractivity contribution < 1.29 is 4.79 Å². The van der Waals surface area contributed by atoms with Crippen molar-refractivity contribution in [3.8, 4) is 0 Å². The van der Waals surface area contributed by atoms with E-state index in [2.05, 4.69) is 12.2 Å². The second-order valence-corrected chi connectivity index (χ2v) is 6.33. The van der Waals surface area contributed by atoms with Gasteiger partial charge in [0, 0.05) is 13.0 Å². The van der Waals surface area contributed by atoms with Crippen molar-refractivity contribution in [2.24, 2.45) is 17.8 Å². The van der Waals surface area contributed by atoms with Crippen molar-refractivity contribution in [1.82, 2.24) is 5.32 Å². The first-order valence-electron chi connectivity index (χ1n) is 7.42. The summed E-state index contributed by atoms with van der Waals surface area (Å²) in [5.74, 6) is 3.04. The Hall–Kier alpha value is -0.530. The van der Waals surface area contributed by atoms with Gasteiger partial charge in [-0.3, -0.25) is 4.79 Å². The van der Waals surface area contributed by atoms with E-state index in [1.54, 1.807) is 6.92 Å². The summed E-state index contributed by atoms with van der Waals surface area (Å²) in [5.41, 5.74) is 0. The standard InChI is InChI=1S/C15H27NO/c1-11-3-5-13(6-4-11)14-7-9-15(10-8-14)16-12(2)17/h11,13-15H,3-10H2,1-2H3,(H,16,17). The van der Waals surface area contributed by atoms with Crippen molar-refractivity contribution >= 4 is 5.91 Å². The van der Waals surface area contributed by atoms with E-state index in [1.807, 2.05) is 0 Å². The second kappa shape index (κ2) is 5.88. The first-order chi connectivity index (χ1) is 8.15. The molecular weight excluding hydrogens is 210 g/mol. The molecule has 0 unspecified atom stereocenters. The Morgan fingerprint density at radius 1 is 0.882 bits per heavy atom. The van der Waals surface area contributed by atoms with Gasteiger partial charge in [-0.25, -0.2) is 0 Å². The molecule has 0 aliphatic heterocycles. The maximum Gasteiger partial charge on any atom is 0.217 e. The molecule has 0 bridgehead atoms. The van der Waals surface area contributed by atoms with E-state index >= 15 is 0 Å². The third-order valence-corrected chi connectivity index (χ3v) is 4.91. The predicted molar refractivity (Wildman–Crippen MR) is 70.7 cm³/mol. The fourth-order valence-corrected chi connectivity index (χ4v) is 3.78. The molecule has 0 saturated heterocycles. The van der Waals surface area contributed by atoms with Crippen LogP contribution in [0.1, 0.15) is 65.2 Å². The average molecular weight is 237 g/mol. The molecule has 0 spiro atoms. The number of hydrogen-bond donors (Lipinski definition) is 1. The highest BCUT2D eigenvalue weighted by Gasteiger charge is 2.29. The van der Waals surface area contributed by atoms with Crippen LogP contribution in [0.5, 0.6) is 0 Å². The van der Waals surface area contributed by atoms with Crippen molar-refractivity contribution in [2.45, 2.75) is 71.3 Å². The van der Waals surface area contributed by atoms with Gasteiger partial charge in [-0.1, -0.05) is 19.8 Å². The molecule has 1 amide bonds. The van der Waals surface area contributed by atoms with Crippen LogP contribution in [-0.4, -0.2) is 11.9 Å². The van der Waals surface area contributed by atoms with E-state index < -0.39 is 0 Å². The molecule has 2 fully saturated rings. The third kappa shape index (κ3) is 3.72. The van der Waals surface area contributed by atoms with E-state index in [-0.39, 0.29) is 5.91 Å². The Kier molecular flexibility index (Phi) is 4.47. The number of amides is 1. The van der Waals surface area contributed by atoms with Crippen LogP contribution in [0.2, 0.25) is 0 Å².